The molecule has 2 N–H and O–H groups in total. The van der Waals surface area contributed by atoms with E-state index in [1.54, 1.807) is 30.5 Å². The molecule has 6 heteroatoms. The molecule has 1 heterocycles. The number of nitrogens with zero attached hydrogens (tertiary/aromatic N) is 1. The fourth-order valence-corrected chi connectivity index (χ4v) is 2.14. The van der Waals surface area contributed by atoms with Crippen molar-refractivity contribution in [3.8, 4) is 0 Å². The fourth-order valence-electron chi connectivity index (χ4n) is 1.95. The molecule has 0 bridgehead atoms. The van der Waals surface area contributed by atoms with Crippen LogP contribution in [0.4, 0.5) is 10.5 Å². The molecule has 0 saturated carbocycles. The highest BCUT2D eigenvalue weighted by Gasteiger charge is 2.17. The number of benzene rings is 1. The van der Waals surface area contributed by atoms with Crippen LogP contribution < -0.4 is 10.6 Å². The number of carbonyl (C=O) groups excluding carboxylic acids is 1. The second-order valence-corrected chi connectivity index (χ2v) is 5.28. The van der Waals surface area contributed by atoms with Gasteiger partial charge in [-0.25, -0.2) is 4.79 Å². The van der Waals surface area contributed by atoms with Crippen molar-refractivity contribution in [2.24, 2.45) is 0 Å². The minimum atomic E-state index is -0.282. The van der Waals surface area contributed by atoms with Crippen LogP contribution in [0.5, 0.6) is 0 Å². The van der Waals surface area contributed by atoms with Gasteiger partial charge in [0.1, 0.15) is 5.76 Å². The smallest absolute Gasteiger partial charge is 0.319 e. The number of nitrogens with one attached hydrogen (secondary N) is 2. The van der Waals surface area contributed by atoms with Gasteiger partial charge in [0.05, 0.1) is 12.3 Å². The van der Waals surface area contributed by atoms with Crippen LogP contribution in [0.25, 0.3) is 0 Å². The van der Waals surface area contributed by atoms with Crippen molar-refractivity contribution in [3.05, 3.63) is 53.4 Å². The molecule has 0 aliphatic carbocycles. The van der Waals surface area contributed by atoms with Crippen LogP contribution in [0.2, 0.25) is 5.02 Å². The van der Waals surface area contributed by atoms with Gasteiger partial charge in [0.25, 0.3) is 0 Å². The molecule has 0 aliphatic rings. The Morgan fingerprint density at radius 2 is 2.14 bits per heavy atom. The molecule has 0 aliphatic heterocycles. The number of rotatable bonds is 5. The van der Waals surface area contributed by atoms with Crippen LogP contribution >= 0.6 is 11.6 Å². The Bertz CT molecular complexity index is 584. The van der Waals surface area contributed by atoms with Gasteiger partial charge in [-0.05, 0) is 44.4 Å². The molecule has 0 spiro atoms. The molecule has 0 fully saturated rings. The number of halogens is 1. The Morgan fingerprint density at radius 1 is 1.33 bits per heavy atom. The zero-order chi connectivity index (χ0) is 15.2. The number of anilines is 1. The van der Waals surface area contributed by atoms with E-state index in [-0.39, 0.29) is 12.1 Å². The molecular formula is C15H18ClN3O2. The molecule has 112 valence electrons. The predicted octanol–water partition coefficient (Wildman–Crippen LogP) is 3.36. The van der Waals surface area contributed by atoms with E-state index in [0.717, 1.165) is 5.76 Å². The van der Waals surface area contributed by atoms with E-state index in [0.29, 0.717) is 17.3 Å². The van der Waals surface area contributed by atoms with Gasteiger partial charge in [0.15, 0.2) is 0 Å². The molecule has 5 nitrogen and oxygen atoms in total. The van der Waals surface area contributed by atoms with E-state index in [1.807, 2.05) is 31.1 Å². The topological polar surface area (TPSA) is 57.5 Å². The summed E-state index contributed by atoms with van der Waals surface area (Å²) in [5.41, 5.74) is 0.652. The van der Waals surface area contributed by atoms with E-state index >= 15 is 0 Å². The highest BCUT2D eigenvalue weighted by Crippen LogP contribution is 2.18. The lowest BCUT2D eigenvalue weighted by atomic mass is 10.2. The lowest BCUT2D eigenvalue weighted by Crippen LogP contribution is -2.36. The third-order valence-electron chi connectivity index (χ3n) is 3.03. The third-order valence-corrected chi connectivity index (χ3v) is 3.27. The summed E-state index contributed by atoms with van der Waals surface area (Å²) >= 11 is 5.87. The minimum Gasteiger partial charge on any atom is -0.468 e. The number of amides is 2. The Labute approximate surface area is 128 Å². The summed E-state index contributed by atoms with van der Waals surface area (Å²) in [5.74, 6) is 0.808. The lowest BCUT2D eigenvalue weighted by molar-refractivity contribution is 0.233. The van der Waals surface area contributed by atoms with Gasteiger partial charge in [-0.1, -0.05) is 17.7 Å². The van der Waals surface area contributed by atoms with E-state index in [4.69, 9.17) is 16.0 Å². The van der Waals surface area contributed by atoms with Crippen molar-refractivity contribution in [3.63, 3.8) is 0 Å². The monoisotopic (exact) mass is 307 g/mol. The lowest BCUT2D eigenvalue weighted by Gasteiger charge is -2.22. The first-order valence-electron chi connectivity index (χ1n) is 6.56. The van der Waals surface area contributed by atoms with E-state index in [2.05, 4.69) is 10.6 Å². The highest BCUT2D eigenvalue weighted by molar-refractivity contribution is 6.30. The van der Waals surface area contributed by atoms with Gasteiger partial charge in [-0.2, -0.15) is 0 Å². The standard InChI is InChI=1S/C15H18ClN3O2/c1-19(2)13(14-7-4-8-21-14)10-17-15(20)18-12-6-3-5-11(16)9-12/h3-9,13H,10H2,1-2H3,(H2,17,18,20). The predicted molar refractivity (Wildman–Crippen MR) is 83.6 cm³/mol. The van der Waals surface area contributed by atoms with Crippen molar-refractivity contribution >= 4 is 23.3 Å². The molecule has 2 rings (SSSR count). The third kappa shape index (κ3) is 4.51. The van der Waals surface area contributed by atoms with Gasteiger partial charge in [0, 0.05) is 17.3 Å². The second kappa shape index (κ2) is 7.15. The van der Waals surface area contributed by atoms with Crippen molar-refractivity contribution in [1.82, 2.24) is 10.2 Å². The Hall–Kier alpha value is -1.98. The van der Waals surface area contributed by atoms with Gasteiger partial charge in [0.2, 0.25) is 0 Å². The van der Waals surface area contributed by atoms with E-state index < -0.39 is 0 Å². The summed E-state index contributed by atoms with van der Waals surface area (Å²) in [7, 11) is 3.87. The van der Waals surface area contributed by atoms with Crippen LogP contribution in [0, 0.1) is 0 Å². The summed E-state index contributed by atoms with van der Waals surface area (Å²) in [6.45, 7) is 0.437. The Balaban J connectivity index is 1.90. The van der Waals surface area contributed by atoms with Crippen molar-refractivity contribution in [2.45, 2.75) is 6.04 Å². The molecule has 0 saturated heterocycles. The minimum absolute atomic E-state index is 0.0230. The zero-order valence-corrected chi connectivity index (χ0v) is 12.7. The molecule has 1 atom stereocenters. The average Bonchev–Trinajstić information content (AvgIpc) is 2.92. The number of carbonyl (C=O) groups is 1. The molecule has 1 unspecified atom stereocenters. The largest absolute Gasteiger partial charge is 0.468 e. The first-order valence-corrected chi connectivity index (χ1v) is 6.94. The summed E-state index contributed by atoms with van der Waals surface area (Å²) in [5, 5.41) is 6.14. The molecule has 1 aromatic carbocycles. The maximum Gasteiger partial charge on any atom is 0.319 e. The molecule has 21 heavy (non-hydrogen) atoms. The van der Waals surface area contributed by atoms with Crippen molar-refractivity contribution < 1.29 is 9.21 Å². The van der Waals surface area contributed by atoms with Gasteiger partial charge in [-0.15, -0.1) is 0 Å². The SMILES string of the molecule is CN(C)C(CNC(=O)Nc1cccc(Cl)c1)c1ccco1. The quantitative estimate of drug-likeness (QED) is 0.890. The number of furan rings is 1. The van der Waals surface area contributed by atoms with Gasteiger partial charge >= 0.3 is 6.03 Å². The first-order chi connectivity index (χ1) is 10.1. The second-order valence-electron chi connectivity index (χ2n) is 4.84. The molecule has 2 amide bonds. The van der Waals surface area contributed by atoms with Crippen LogP contribution in [-0.2, 0) is 0 Å². The summed E-state index contributed by atoms with van der Waals surface area (Å²) in [6, 6.07) is 10.4. The van der Waals surface area contributed by atoms with Crippen LogP contribution in [0.3, 0.4) is 0 Å². The fraction of sp³-hybridized carbons (Fsp3) is 0.267. The molecular weight excluding hydrogens is 290 g/mol. The maximum atomic E-state index is 11.9. The van der Waals surface area contributed by atoms with Crippen LogP contribution in [0.15, 0.2) is 47.1 Å². The molecule has 1 aromatic heterocycles. The summed E-state index contributed by atoms with van der Waals surface area (Å²) in [4.78, 5) is 13.9. The Kier molecular flexibility index (Phi) is 5.25. The average molecular weight is 308 g/mol. The van der Waals surface area contributed by atoms with Crippen molar-refractivity contribution in [2.75, 3.05) is 26.0 Å². The van der Waals surface area contributed by atoms with Gasteiger partial charge in [-0.3, -0.25) is 4.90 Å². The number of likely N-dealkylation sites (N-methyl/N-ethyl adjacent to an activating group) is 1. The molecule has 2 aromatic rings. The first kappa shape index (κ1) is 15.4. The number of hydrogen-bond acceptors (Lipinski definition) is 3. The van der Waals surface area contributed by atoms with E-state index in [9.17, 15) is 4.79 Å². The number of urea groups is 1. The van der Waals surface area contributed by atoms with E-state index in [1.165, 1.54) is 0 Å². The summed E-state index contributed by atoms with van der Waals surface area (Å²) in [6.07, 6.45) is 1.62. The zero-order valence-electron chi connectivity index (χ0n) is 12.0. The maximum absolute atomic E-state index is 11.9. The van der Waals surface area contributed by atoms with Gasteiger partial charge < -0.3 is 15.1 Å². The highest BCUT2D eigenvalue weighted by atomic mass is 35.5. The summed E-state index contributed by atoms with van der Waals surface area (Å²) < 4.78 is 5.39. The van der Waals surface area contributed by atoms with Crippen molar-refractivity contribution in [1.29, 1.82) is 0 Å². The number of hydrogen-bond donors (Lipinski definition) is 2. The Morgan fingerprint density at radius 3 is 2.76 bits per heavy atom. The molecule has 0 radical (unpaired) electrons. The van der Waals surface area contributed by atoms with Crippen LogP contribution in [-0.4, -0.2) is 31.6 Å². The normalized spacial score (nSPS) is 12.2. The van der Waals surface area contributed by atoms with Crippen LogP contribution in [0.1, 0.15) is 11.8 Å².